The van der Waals surface area contributed by atoms with Gasteiger partial charge in [-0.3, -0.25) is 0 Å². The number of aliphatic hydroxyl groups is 1. The summed E-state index contributed by atoms with van der Waals surface area (Å²) in [4.78, 5) is 2.33. The van der Waals surface area contributed by atoms with E-state index in [1.807, 2.05) is 0 Å². The Kier molecular flexibility index (Phi) is 8.53. The van der Waals surface area contributed by atoms with Gasteiger partial charge < -0.3 is 10.0 Å². The van der Waals surface area contributed by atoms with E-state index in [-0.39, 0.29) is 24.4 Å². The average Bonchev–Trinajstić information content (AvgIpc) is 2.80. The summed E-state index contributed by atoms with van der Waals surface area (Å²) in [5.41, 5.74) is 3.28. The molecule has 0 aromatic heterocycles. The molecule has 1 aliphatic rings. The van der Waals surface area contributed by atoms with Crippen LogP contribution in [-0.4, -0.2) is 35.7 Å². The molecule has 0 heterocycles. The molecule has 0 bridgehead atoms. The van der Waals surface area contributed by atoms with Crippen molar-refractivity contribution in [3.8, 4) is 0 Å². The molecule has 0 aliphatic heterocycles. The second-order valence-electron chi connectivity index (χ2n) is 9.48. The van der Waals surface area contributed by atoms with Crippen molar-refractivity contribution >= 4 is 12.4 Å². The number of rotatable bonds is 7. The van der Waals surface area contributed by atoms with E-state index in [1.54, 1.807) is 0 Å². The van der Waals surface area contributed by atoms with Crippen LogP contribution >= 0.6 is 12.4 Å². The Morgan fingerprint density at radius 3 is 1.94 bits per heavy atom. The van der Waals surface area contributed by atoms with Crippen molar-refractivity contribution in [3.05, 3.63) is 108 Å². The summed E-state index contributed by atoms with van der Waals surface area (Å²) in [5, 5.41) is 12.1. The highest BCUT2D eigenvalue weighted by Gasteiger charge is 2.46. The molecular formula is C29H36ClNO. The van der Waals surface area contributed by atoms with Crippen molar-refractivity contribution in [2.45, 2.75) is 49.7 Å². The molecule has 4 unspecified atom stereocenters. The minimum atomic E-state index is -0.698. The van der Waals surface area contributed by atoms with Crippen LogP contribution < -0.4 is 0 Å². The van der Waals surface area contributed by atoms with Crippen LogP contribution in [0.3, 0.4) is 0 Å². The van der Waals surface area contributed by atoms with E-state index >= 15 is 0 Å². The Labute approximate surface area is 199 Å². The average molecular weight is 450 g/mol. The monoisotopic (exact) mass is 449 g/mol. The molecule has 2 nitrogen and oxygen atoms in total. The lowest BCUT2D eigenvalue weighted by Gasteiger charge is -2.49. The number of halogens is 1. The van der Waals surface area contributed by atoms with E-state index < -0.39 is 5.60 Å². The first-order valence-corrected chi connectivity index (χ1v) is 11.6. The topological polar surface area (TPSA) is 23.5 Å². The third kappa shape index (κ3) is 5.81. The molecule has 4 rings (SSSR count). The molecule has 0 spiro atoms. The first-order valence-electron chi connectivity index (χ1n) is 11.6. The van der Waals surface area contributed by atoms with Crippen LogP contribution in [0.4, 0.5) is 0 Å². The SMILES string of the molecule is CN(C)C(Cc1ccccc1)C1CC(c2ccccc2)CCC1(O)Cc1ccccc1.Cl. The number of likely N-dealkylation sites (N-methyl/N-ethyl adjacent to an activating group) is 1. The molecule has 4 atom stereocenters. The quantitative estimate of drug-likeness (QED) is 0.468. The summed E-state index contributed by atoms with van der Waals surface area (Å²) in [6.07, 6.45) is 4.57. The van der Waals surface area contributed by atoms with Crippen molar-refractivity contribution in [1.29, 1.82) is 0 Å². The van der Waals surface area contributed by atoms with E-state index in [1.165, 1.54) is 16.7 Å². The van der Waals surface area contributed by atoms with Crippen LogP contribution in [0, 0.1) is 5.92 Å². The van der Waals surface area contributed by atoms with Gasteiger partial charge in [0.2, 0.25) is 0 Å². The normalized spacial score (nSPS) is 24.0. The zero-order valence-corrected chi connectivity index (χ0v) is 20.0. The molecular weight excluding hydrogens is 414 g/mol. The Morgan fingerprint density at radius 2 is 1.38 bits per heavy atom. The second-order valence-corrected chi connectivity index (χ2v) is 9.48. The molecule has 0 saturated heterocycles. The fraction of sp³-hybridized carbons (Fsp3) is 0.379. The molecule has 3 heteroatoms. The summed E-state index contributed by atoms with van der Waals surface area (Å²) in [6, 6.07) is 32.4. The van der Waals surface area contributed by atoms with Gasteiger partial charge in [-0.05, 0) is 62.4 Å². The molecule has 1 saturated carbocycles. The van der Waals surface area contributed by atoms with Gasteiger partial charge in [0.05, 0.1) is 5.60 Å². The third-order valence-electron chi connectivity index (χ3n) is 7.19. The van der Waals surface area contributed by atoms with Gasteiger partial charge in [-0.1, -0.05) is 91.0 Å². The lowest BCUT2D eigenvalue weighted by atomic mass is 9.63. The summed E-state index contributed by atoms with van der Waals surface area (Å²) in [6.45, 7) is 0. The molecule has 1 fully saturated rings. The van der Waals surface area contributed by atoms with Gasteiger partial charge in [-0.25, -0.2) is 0 Å². The fourth-order valence-electron chi connectivity index (χ4n) is 5.51. The van der Waals surface area contributed by atoms with Crippen LogP contribution in [0.1, 0.15) is 41.9 Å². The Balaban J connectivity index is 0.00000289. The van der Waals surface area contributed by atoms with Gasteiger partial charge in [-0.2, -0.15) is 0 Å². The number of hydrogen-bond acceptors (Lipinski definition) is 2. The maximum absolute atomic E-state index is 12.1. The maximum Gasteiger partial charge on any atom is 0.0731 e. The third-order valence-corrected chi connectivity index (χ3v) is 7.19. The van der Waals surface area contributed by atoms with E-state index in [4.69, 9.17) is 0 Å². The first-order chi connectivity index (χ1) is 15.0. The molecule has 0 radical (unpaired) electrons. The van der Waals surface area contributed by atoms with E-state index in [9.17, 15) is 5.11 Å². The molecule has 1 N–H and O–H groups in total. The van der Waals surface area contributed by atoms with Crippen molar-refractivity contribution in [2.75, 3.05) is 14.1 Å². The molecule has 3 aromatic rings. The van der Waals surface area contributed by atoms with Crippen molar-refractivity contribution in [1.82, 2.24) is 4.90 Å². The molecule has 1 aliphatic carbocycles. The van der Waals surface area contributed by atoms with Crippen LogP contribution in [0.5, 0.6) is 0 Å². The highest BCUT2D eigenvalue weighted by atomic mass is 35.5. The number of nitrogens with zero attached hydrogens (tertiary/aromatic N) is 1. The highest BCUT2D eigenvalue weighted by Crippen LogP contribution is 2.46. The largest absolute Gasteiger partial charge is 0.389 e. The van der Waals surface area contributed by atoms with Gasteiger partial charge in [0.15, 0.2) is 0 Å². The summed E-state index contributed by atoms with van der Waals surface area (Å²) in [5.74, 6) is 0.697. The standard InChI is InChI=1S/C29H35NO.ClH/c1-30(2)28(20-23-12-6-3-7-13-23)27-21-26(25-16-10-5-11-17-25)18-19-29(27,31)22-24-14-8-4-9-15-24;/h3-17,26-28,31H,18-22H2,1-2H3;1H. The fourth-order valence-corrected chi connectivity index (χ4v) is 5.51. The van der Waals surface area contributed by atoms with Crippen LogP contribution in [0.2, 0.25) is 0 Å². The molecule has 0 amide bonds. The van der Waals surface area contributed by atoms with Crippen molar-refractivity contribution in [3.63, 3.8) is 0 Å². The lowest BCUT2D eigenvalue weighted by Crippen LogP contribution is -2.54. The zero-order valence-electron chi connectivity index (χ0n) is 19.2. The summed E-state index contributed by atoms with van der Waals surface area (Å²) in [7, 11) is 4.34. The highest BCUT2D eigenvalue weighted by molar-refractivity contribution is 5.85. The van der Waals surface area contributed by atoms with E-state index in [0.29, 0.717) is 5.92 Å². The predicted molar refractivity (Wildman–Crippen MR) is 136 cm³/mol. The Bertz CT molecular complexity index is 931. The second kappa shape index (κ2) is 11.1. The minimum Gasteiger partial charge on any atom is -0.389 e. The molecule has 170 valence electrons. The molecule has 3 aromatic carbocycles. The number of hydrogen-bond donors (Lipinski definition) is 1. The number of benzene rings is 3. The van der Waals surface area contributed by atoms with Crippen LogP contribution in [-0.2, 0) is 12.8 Å². The van der Waals surface area contributed by atoms with Crippen LogP contribution in [0.15, 0.2) is 91.0 Å². The van der Waals surface area contributed by atoms with Crippen molar-refractivity contribution in [2.24, 2.45) is 5.92 Å². The summed E-state index contributed by atoms with van der Waals surface area (Å²) >= 11 is 0. The Morgan fingerprint density at radius 1 is 0.844 bits per heavy atom. The summed E-state index contributed by atoms with van der Waals surface area (Å²) < 4.78 is 0. The Hall–Kier alpha value is -2.13. The van der Waals surface area contributed by atoms with E-state index in [0.717, 1.165) is 32.1 Å². The minimum absolute atomic E-state index is 0. The lowest BCUT2D eigenvalue weighted by molar-refractivity contribution is -0.0806. The first kappa shape index (κ1) is 24.5. The van der Waals surface area contributed by atoms with Gasteiger partial charge in [0.25, 0.3) is 0 Å². The van der Waals surface area contributed by atoms with Gasteiger partial charge in [0, 0.05) is 18.4 Å². The smallest absolute Gasteiger partial charge is 0.0731 e. The van der Waals surface area contributed by atoms with Crippen molar-refractivity contribution < 1.29 is 5.11 Å². The van der Waals surface area contributed by atoms with E-state index in [2.05, 4.69) is 110 Å². The zero-order chi connectivity index (χ0) is 21.7. The molecule has 32 heavy (non-hydrogen) atoms. The maximum atomic E-state index is 12.1. The van der Waals surface area contributed by atoms with Crippen LogP contribution in [0.25, 0.3) is 0 Å². The van der Waals surface area contributed by atoms with Gasteiger partial charge in [-0.15, -0.1) is 12.4 Å². The van der Waals surface area contributed by atoms with Gasteiger partial charge >= 0.3 is 0 Å². The van der Waals surface area contributed by atoms with Gasteiger partial charge in [0.1, 0.15) is 0 Å². The predicted octanol–water partition coefficient (Wildman–Crippen LogP) is 6.14.